The third-order valence-corrected chi connectivity index (χ3v) is 7.58. The summed E-state index contributed by atoms with van der Waals surface area (Å²) in [7, 11) is -3.17. The molecule has 10 heteroatoms. The average molecular weight is 462 g/mol. The Morgan fingerprint density at radius 2 is 1.75 bits per heavy atom. The number of carbonyl (C=O) groups is 1. The molecule has 1 aliphatic heterocycles. The second-order valence-electron chi connectivity index (χ2n) is 8.06. The summed E-state index contributed by atoms with van der Waals surface area (Å²) in [4.78, 5) is 25.1. The van der Waals surface area contributed by atoms with E-state index < -0.39 is 37.0 Å². The summed E-state index contributed by atoms with van der Waals surface area (Å²) in [6, 6.07) is 15.1. The van der Waals surface area contributed by atoms with E-state index in [1.807, 2.05) is 30.3 Å². The van der Waals surface area contributed by atoms with Crippen LogP contribution in [0.2, 0.25) is 0 Å². The highest BCUT2D eigenvalue weighted by Gasteiger charge is 2.47. The minimum atomic E-state index is -4.37. The largest absolute Gasteiger partial charge is 0.468 e. The molecule has 3 rings (SSSR count). The van der Waals surface area contributed by atoms with E-state index in [2.05, 4.69) is 9.62 Å². The Bertz CT molecular complexity index is 1070. The van der Waals surface area contributed by atoms with Crippen molar-refractivity contribution in [2.45, 2.75) is 36.7 Å². The maximum Gasteiger partial charge on any atom is 0.327 e. The summed E-state index contributed by atoms with van der Waals surface area (Å²) in [5, 5.41) is 11.3. The van der Waals surface area contributed by atoms with Gasteiger partial charge in [0.25, 0.3) is 5.69 Å². The van der Waals surface area contributed by atoms with Crippen molar-refractivity contribution in [3.63, 3.8) is 0 Å². The molecule has 2 aromatic carbocycles. The number of nitro groups is 1. The Labute approximate surface area is 187 Å². The third kappa shape index (κ3) is 5.14. The first kappa shape index (κ1) is 23.8. The van der Waals surface area contributed by atoms with Crippen molar-refractivity contribution in [3.05, 3.63) is 70.3 Å². The number of carbonyl (C=O) groups excluding carboxylic acids is 1. The number of likely N-dealkylation sites (tertiary alicyclic amines) is 1. The number of sulfonamides is 1. The van der Waals surface area contributed by atoms with Crippen molar-refractivity contribution in [2.24, 2.45) is 5.92 Å². The summed E-state index contributed by atoms with van der Waals surface area (Å²) in [6.07, 6.45) is 1.13. The smallest absolute Gasteiger partial charge is 0.327 e. The van der Waals surface area contributed by atoms with E-state index in [0.29, 0.717) is 25.9 Å². The van der Waals surface area contributed by atoms with Crippen molar-refractivity contribution in [1.82, 2.24) is 9.62 Å². The van der Waals surface area contributed by atoms with Gasteiger partial charge in [-0.05, 0) is 50.4 Å². The molecule has 1 atom stereocenters. The van der Waals surface area contributed by atoms with Crippen molar-refractivity contribution >= 4 is 21.7 Å². The van der Waals surface area contributed by atoms with Crippen molar-refractivity contribution < 1.29 is 22.9 Å². The van der Waals surface area contributed by atoms with E-state index >= 15 is 0 Å². The maximum absolute atomic E-state index is 13.1. The van der Waals surface area contributed by atoms with E-state index in [9.17, 15) is 23.3 Å². The molecule has 1 unspecified atom stereocenters. The first-order chi connectivity index (χ1) is 15.2. The predicted molar refractivity (Wildman–Crippen MR) is 118 cm³/mol. The number of hydrogen-bond donors (Lipinski definition) is 1. The Balaban J connectivity index is 1.80. The highest BCUT2D eigenvalue weighted by atomic mass is 32.2. The van der Waals surface area contributed by atoms with Gasteiger partial charge in [0.05, 0.1) is 12.0 Å². The van der Waals surface area contributed by atoms with Gasteiger partial charge in [-0.1, -0.05) is 42.5 Å². The van der Waals surface area contributed by atoms with Crippen LogP contribution in [0.4, 0.5) is 5.69 Å². The van der Waals surface area contributed by atoms with Crippen LogP contribution in [0.5, 0.6) is 0 Å². The minimum Gasteiger partial charge on any atom is -0.468 e. The van der Waals surface area contributed by atoms with E-state index in [4.69, 9.17) is 4.74 Å². The maximum atomic E-state index is 13.1. The lowest BCUT2D eigenvalue weighted by Crippen LogP contribution is -2.59. The van der Waals surface area contributed by atoms with Crippen molar-refractivity contribution in [3.8, 4) is 0 Å². The van der Waals surface area contributed by atoms with Gasteiger partial charge in [-0.15, -0.1) is 0 Å². The molecule has 1 aliphatic rings. The van der Waals surface area contributed by atoms with Gasteiger partial charge in [0, 0.05) is 12.6 Å². The monoisotopic (exact) mass is 461 g/mol. The number of benzene rings is 2. The summed E-state index contributed by atoms with van der Waals surface area (Å²) < 4.78 is 33.6. The third-order valence-electron chi connectivity index (χ3n) is 5.96. The SMILES string of the molecule is COC(=O)C(C)(NS(=O)(=O)c1ccccc1[N+](=O)[O-])C1CCN(Cc2ccccc2)CC1. The quantitative estimate of drug-likeness (QED) is 0.365. The number of methoxy groups -OCH3 is 1. The Hall–Kier alpha value is -2.82. The standard InChI is InChI=1S/C22H27N3O6S/c1-22(21(26)31-2,23-32(29,30)20-11-7-6-10-19(20)25(27)28)18-12-14-24(15-13-18)16-17-8-4-3-5-9-17/h3-11,18,23H,12-16H2,1-2H3. The van der Waals surface area contributed by atoms with Crippen molar-refractivity contribution in [2.75, 3.05) is 20.2 Å². The van der Waals surface area contributed by atoms with Crippen LogP contribution in [-0.4, -0.2) is 49.9 Å². The molecule has 1 fully saturated rings. The van der Waals surface area contributed by atoms with Crippen LogP contribution in [0.3, 0.4) is 0 Å². The predicted octanol–water partition coefficient (Wildman–Crippen LogP) is 2.72. The Morgan fingerprint density at radius 3 is 2.34 bits per heavy atom. The number of rotatable bonds is 8. The van der Waals surface area contributed by atoms with Crippen LogP contribution >= 0.6 is 0 Å². The first-order valence-electron chi connectivity index (χ1n) is 10.3. The van der Waals surface area contributed by atoms with Crippen LogP contribution in [0.15, 0.2) is 59.5 Å². The van der Waals surface area contributed by atoms with Crippen LogP contribution in [0.1, 0.15) is 25.3 Å². The zero-order valence-electron chi connectivity index (χ0n) is 18.1. The van der Waals surface area contributed by atoms with Gasteiger partial charge in [0.1, 0.15) is 5.54 Å². The molecule has 2 aromatic rings. The topological polar surface area (TPSA) is 119 Å². The number of hydrogen-bond acceptors (Lipinski definition) is 7. The molecule has 1 saturated heterocycles. The lowest BCUT2D eigenvalue weighted by molar-refractivity contribution is -0.387. The zero-order chi connectivity index (χ0) is 23.4. The normalized spacial score (nSPS) is 17.4. The van der Waals surface area contributed by atoms with Crippen LogP contribution in [0, 0.1) is 16.0 Å². The van der Waals surface area contributed by atoms with E-state index in [1.54, 1.807) is 0 Å². The van der Waals surface area contributed by atoms with E-state index in [1.165, 1.54) is 31.7 Å². The molecule has 0 aromatic heterocycles. The molecule has 0 bridgehead atoms. The lowest BCUT2D eigenvalue weighted by Gasteiger charge is -2.40. The highest BCUT2D eigenvalue weighted by molar-refractivity contribution is 7.89. The van der Waals surface area contributed by atoms with Gasteiger partial charge in [0.15, 0.2) is 4.90 Å². The van der Waals surface area contributed by atoms with E-state index in [-0.39, 0.29) is 5.92 Å². The molecule has 1 heterocycles. The fourth-order valence-electron chi connectivity index (χ4n) is 4.18. The highest BCUT2D eigenvalue weighted by Crippen LogP contribution is 2.33. The number of piperidine rings is 1. The first-order valence-corrected chi connectivity index (χ1v) is 11.8. The van der Waals surface area contributed by atoms with Gasteiger partial charge in [-0.3, -0.25) is 19.8 Å². The van der Waals surface area contributed by atoms with Gasteiger partial charge in [-0.25, -0.2) is 8.42 Å². The number of esters is 1. The Morgan fingerprint density at radius 1 is 1.16 bits per heavy atom. The molecule has 9 nitrogen and oxygen atoms in total. The van der Waals surface area contributed by atoms with Gasteiger partial charge in [-0.2, -0.15) is 4.72 Å². The molecule has 0 aliphatic carbocycles. The summed E-state index contributed by atoms with van der Waals surface area (Å²) in [5.74, 6) is -1.05. The molecule has 0 radical (unpaired) electrons. The van der Waals surface area contributed by atoms with Gasteiger partial charge >= 0.3 is 5.97 Å². The number of nitro benzene ring substituents is 1. The Kier molecular flexibility index (Phi) is 7.27. The molecule has 0 spiro atoms. The average Bonchev–Trinajstić information content (AvgIpc) is 2.79. The molecular formula is C22H27N3O6S. The number of nitrogens with one attached hydrogen (secondary N) is 1. The van der Waals surface area contributed by atoms with Crippen LogP contribution in [-0.2, 0) is 26.1 Å². The van der Waals surface area contributed by atoms with Crippen LogP contribution < -0.4 is 4.72 Å². The van der Waals surface area contributed by atoms with Crippen LogP contribution in [0.25, 0.3) is 0 Å². The zero-order valence-corrected chi connectivity index (χ0v) is 18.9. The number of nitrogens with zero attached hydrogens (tertiary/aromatic N) is 2. The second kappa shape index (κ2) is 9.76. The van der Waals surface area contributed by atoms with Crippen molar-refractivity contribution in [1.29, 1.82) is 0 Å². The molecule has 172 valence electrons. The lowest BCUT2D eigenvalue weighted by atomic mass is 9.79. The van der Waals surface area contributed by atoms with E-state index in [0.717, 1.165) is 18.7 Å². The fraction of sp³-hybridized carbons (Fsp3) is 0.409. The molecule has 0 saturated carbocycles. The van der Waals surface area contributed by atoms with Gasteiger partial charge in [0.2, 0.25) is 10.0 Å². The fourth-order valence-corrected chi connectivity index (χ4v) is 5.78. The second-order valence-corrected chi connectivity index (χ2v) is 9.71. The number of ether oxygens (including phenoxy) is 1. The minimum absolute atomic E-state index is 0.334. The number of para-hydroxylation sites is 1. The summed E-state index contributed by atoms with van der Waals surface area (Å²) in [5.41, 5.74) is -0.931. The van der Waals surface area contributed by atoms with Gasteiger partial charge < -0.3 is 4.74 Å². The summed E-state index contributed by atoms with van der Waals surface area (Å²) >= 11 is 0. The molecule has 1 N–H and O–H groups in total. The molecular weight excluding hydrogens is 434 g/mol. The summed E-state index contributed by atoms with van der Waals surface area (Å²) in [6.45, 7) is 3.62. The molecule has 0 amide bonds. The molecule has 32 heavy (non-hydrogen) atoms.